The molecule has 0 aliphatic carbocycles. The molecule has 0 bridgehead atoms. The summed E-state index contributed by atoms with van der Waals surface area (Å²) in [5.41, 5.74) is 0.653. The molecule has 0 fully saturated rings. The standard InChI is InChI=1S/C15H11Cl4NO3/c16-10-6-12(18)14(7-11(10)17)23-4-3-20-8-1-2-13(21)9(5-8)15(19)22/h1-2,5-7,20-21H,3-4H2. The lowest BCUT2D eigenvalue weighted by Gasteiger charge is -2.11. The number of rotatable bonds is 6. The van der Waals surface area contributed by atoms with Crippen molar-refractivity contribution in [1.29, 1.82) is 0 Å². The lowest BCUT2D eigenvalue weighted by molar-refractivity contribution is 0.107. The number of halogens is 4. The lowest BCUT2D eigenvalue weighted by Crippen LogP contribution is -2.12. The van der Waals surface area contributed by atoms with Gasteiger partial charge in [0.15, 0.2) is 0 Å². The first-order chi connectivity index (χ1) is 10.9. The van der Waals surface area contributed by atoms with Gasteiger partial charge in [0.1, 0.15) is 18.1 Å². The highest BCUT2D eigenvalue weighted by atomic mass is 35.5. The van der Waals surface area contributed by atoms with Crippen molar-refractivity contribution in [2.24, 2.45) is 0 Å². The average Bonchev–Trinajstić information content (AvgIpc) is 2.49. The minimum absolute atomic E-state index is 0.0325. The summed E-state index contributed by atoms with van der Waals surface area (Å²) in [6.45, 7) is 0.722. The summed E-state index contributed by atoms with van der Waals surface area (Å²) in [5, 5.41) is 12.9. The molecule has 0 heterocycles. The van der Waals surface area contributed by atoms with Crippen molar-refractivity contribution in [3.63, 3.8) is 0 Å². The van der Waals surface area contributed by atoms with Crippen molar-refractivity contribution >= 4 is 57.3 Å². The molecule has 2 aromatic carbocycles. The molecule has 2 rings (SSSR count). The summed E-state index contributed by atoms with van der Waals surface area (Å²) in [6.07, 6.45) is 0. The highest BCUT2D eigenvalue weighted by Gasteiger charge is 2.10. The van der Waals surface area contributed by atoms with Gasteiger partial charge in [0.05, 0.1) is 20.6 Å². The molecule has 4 nitrogen and oxygen atoms in total. The second kappa shape index (κ2) is 7.97. The maximum absolute atomic E-state index is 11.1. The van der Waals surface area contributed by atoms with E-state index in [9.17, 15) is 9.90 Å². The van der Waals surface area contributed by atoms with Crippen LogP contribution >= 0.6 is 46.4 Å². The fraction of sp³-hybridized carbons (Fsp3) is 0.133. The van der Waals surface area contributed by atoms with E-state index in [4.69, 9.17) is 51.1 Å². The monoisotopic (exact) mass is 393 g/mol. The molecule has 2 aromatic rings. The van der Waals surface area contributed by atoms with Crippen molar-refractivity contribution < 1.29 is 14.6 Å². The number of carbonyl (C=O) groups excluding carboxylic acids is 1. The van der Waals surface area contributed by atoms with Crippen LogP contribution in [0.4, 0.5) is 5.69 Å². The van der Waals surface area contributed by atoms with E-state index in [2.05, 4.69) is 5.32 Å². The summed E-state index contributed by atoms with van der Waals surface area (Å²) in [6, 6.07) is 7.50. The van der Waals surface area contributed by atoms with Gasteiger partial charge in [0.2, 0.25) is 0 Å². The Balaban J connectivity index is 1.92. The van der Waals surface area contributed by atoms with Crippen LogP contribution in [0.2, 0.25) is 15.1 Å². The summed E-state index contributed by atoms with van der Waals surface area (Å²) in [7, 11) is 0. The number of hydrogen-bond donors (Lipinski definition) is 2. The smallest absolute Gasteiger partial charge is 0.256 e. The maximum Gasteiger partial charge on any atom is 0.256 e. The van der Waals surface area contributed by atoms with E-state index in [0.717, 1.165) is 0 Å². The molecular formula is C15H11Cl4NO3. The number of hydrogen-bond acceptors (Lipinski definition) is 4. The molecule has 0 atom stereocenters. The van der Waals surface area contributed by atoms with Gasteiger partial charge in [-0.15, -0.1) is 0 Å². The first-order valence-corrected chi connectivity index (χ1v) is 7.93. The van der Waals surface area contributed by atoms with Crippen molar-refractivity contribution in [3.8, 4) is 11.5 Å². The van der Waals surface area contributed by atoms with Crippen LogP contribution in [0.15, 0.2) is 30.3 Å². The topological polar surface area (TPSA) is 58.6 Å². The van der Waals surface area contributed by atoms with Crippen LogP contribution in [0.1, 0.15) is 10.4 Å². The largest absolute Gasteiger partial charge is 0.507 e. The number of nitrogens with one attached hydrogen (secondary N) is 1. The molecule has 0 aromatic heterocycles. The van der Waals surface area contributed by atoms with Crippen molar-refractivity contribution in [2.75, 3.05) is 18.5 Å². The predicted molar refractivity (Wildman–Crippen MR) is 93.7 cm³/mol. The number of anilines is 1. The zero-order chi connectivity index (χ0) is 17.0. The van der Waals surface area contributed by atoms with Crippen LogP contribution in [0.5, 0.6) is 11.5 Å². The number of carbonyl (C=O) groups is 1. The number of ether oxygens (including phenoxy) is 1. The van der Waals surface area contributed by atoms with Gasteiger partial charge in [0, 0.05) is 18.3 Å². The Morgan fingerprint density at radius 3 is 2.48 bits per heavy atom. The van der Waals surface area contributed by atoms with Crippen molar-refractivity contribution in [3.05, 3.63) is 51.0 Å². The molecule has 0 aliphatic rings. The van der Waals surface area contributed by atoms with Crippen LogP contribution in [-0.2, 0) is 0 Å². The Kier molecular flexibility index (Phi) is 6.25. The molecule has 2 N–H and O–H groups in total. The zero-order valence-electron chi connectivity index (χ0n) is 11.6. The van der Waals surface area contributed by atoms with Gasteiger partial charge < -0.3 is 15.2 Å². The second-order valence-electron chi connectivity index (χ2n) is 4.48. The Morgan fingerprint density at radius 2 is 1.78 bits per heavy atom. The van der Waals surface area contributed by atoms with Crippen molar-refractivity contribution in [1.82, 2.24) is 0 Å². The third-order valence-electron chi connectivity index (χ3n) is 2.87. The fourth-order valence-electron chi connectivity index (χ4n) is 1.77. The number of benzene rings is 2. The zero-order valence-corrected chi connectivity index (χ0v) is 14.6. The minimum atomic E-state index is -0.731. The van der Waals surface area contributed by atoms with Gasteiger partial charge in [-0.05, 0) is 35.9 Å². The summed E-state index contributed by atoms with van der Waals surface area (Å²) in [5.74, 6) is 0.250. The van der Waals surface area contributed by atoms with E-state index in [1.54, 1.807) is 6.07 Å². The Labute approximate surface area is 152 Å². The highest BCUT2D eigenvalue weighted by molar-refractivity contribution is 6.68. The van der Waals surface area contributed by atoms with Crippen LogP contribution in [0.3, 0.4) is 0 Å². The van der Waals surface area contributed by atoms with Crippen molar-refractivity contribution in [2.45, 2.75) is 0 Å². The first-order valence-electron chi connectivity index (χ1n) is 6.42. The quantitative estimate of drug-likeness (QED) is 0.305. The normalized spacial score (nSPS) is 10.4. The minimum Gasteiger partial charge on any atom is -0.507 e. The van der Waals surface area contributed by atoms with Gasteiger partial charge in [0.25, 0.3) is 5.24 Å². The van der Waals surface area contributed by atoms with Crippen LogP contribution in [-0.4, -0.2) is 23.5 Å². The number of phenols is 1. The molecule has 0 unspecified atom stereocenters. The number of phenolic OH excluding ortho intramolecular Hbond substituents is 1. The van der Waals surface area contributed by atoms with Crippen LogP contribution in [0, 0.1) is 0 Å². The highest BCUT2D eigenvalue weighted by Crippen LogP contribution is 2.33. The lowest BCUT2D eigenvalue weighted by atomic mass is 10.2. The van der Waals surface area contributed by atoms with E-state index < -0.39 is 5.24 Å². The Hall–Kier alpha value is -1.33. The third-order valence-corrected chi connectivity index (χ3v) is 4.09. The average molecular weight is 395 g/mol. The molecule has 0 amide bonds. The van der Waals surface area contributed by atoms with E-state index in [1.807, 2.05) is 0 Å². The summed E-state index contributed by atoms with van der Waals surface area (Å²) < 4.78 is 5.52. The van der Waals surface area contributed by atoms with Crippen LogP contribution < -0.4 is 10.1 Å². The molecule has 0 saturated heterocycles. The molecule has 0 spiro atoms. The third kappa shape index (κ3) is 4.82. The number of aromatic hydroxyl groups is 1. The van der Waals surface area contributed by atoms with E-state index in [-0.39, 0.29) is 11.3 Å². The van der Waals surface area contributed by atoms with Gasteiger partial charge >= 0.3 is 0 Å². The molecule has 0 radical (unpaired) electrons. The Bertz CT molecular complexity index is 737. The van der Waals surface area contributed by atoms with Gasteiger partial charge in [-0.1, -0.05) is 34.8 Å². The molecular weight excluding hydrogens is 384 g/mol. The Morgan fingerprint density at radius 1 is 1.09 bits per heavy atom. The summed E-state index contributed by atoms with van der Waals surface area (Å²) in [4.78, 5) is 11.1. The summed E-state index contributed by atoms with van der Waals surface area (Å²) >= 11 is 23.1. The molecule has 23 heavy (non-hydrogen) atoms. The molecule has 122 valence electrons. The fourth-order valence-corrected chi connectivity index (χ4v) is 2.52. The van der Waals surface area contributed by atoms with E-state index in [1.165, 1.54) is 24.3 Å². The predicted octanol–water partition coefficient (Wildman–Crippen LogP) is 5.22. The molecule has 0 aliphatic heterocycles. The van der Waals surface area contributed by atoms with Gasteiger partial charge in [-0.25, -0.2) is 0 Å². The maximum atomic E-state index is 11.1. The molecule has 0 saturated carbocycles. The second-order valence-corrected chi connectivity index (χ2v) is 6.04. The van der Waals surface area contributed by atoms with E-state index >= 15 is 0 Å². The van der Waals surface area contributed by atoms with Gasteiger partial charge in [-0.3, -0.25) is 4.79 Å². The first kappa shape index (κ1) is 18.0. The molecule has 8 heteroatoms. The van der Waals surface area contributed by atoms with E-state index in [0.29, 0.717) is 39.7 Å². The SMILES string of the molecule is O=C(Cl)c1cc(NCCOc2cc(Cl)c(Cl)cc2Cl)ccc1O. The van der Waals surface area contributed by atoms with Gasteiger partial charge in [-0.2, -0.15) is 0 Å². The van der Waals surface area contributed by atoms with Crippen LogP contribution in [0.25, 0.3) is 0 Å².